The number of sulfonamides is 1. The Balaban J connectivity index is 0.00000420. The highest BCUT2D eigenvalue weighted by atomic mass is 127. The van der Waals surface area contributed by atoms with Crippen molar-refractivity contribution < 1.29 is 13.2 Å². The van der Waals surface area contributed by atoms with Gasteiger partial charge >= 0.3 is 0 Å². The number of nitrogens with zero attached hydrogens (tertiary/aromatic N) is 1. The van der Waals surface area contributed by atoms with Gasteiger partial charge in [0.25, 0.3) is 0 Å². The van der Waals surface area contributed by atoms with Crippen molar-refractivity contribution in [2.45, 2.75) is 30.3 Å². The van der Waals surface area contributed by atoms with Crippen LogP contribution in [0.2, 0.25) is 5.02 Å². The molecule has 1 fully saturated rings. The molecule has 1 unspecified atom stereocenters. The summed E-state index contributed by atoms with van der Waals surface area (Å²) in [6.45, 7) is 2.05. The first kappa shape index (κ1) is 26.8. The van der Waals surface area contributed by atoms with Crippen molar-refractivity contribution in [3.8, 4) is 0 Å². The van der Waals surface area contributed by atoms with Crippen LogP contribution < -0.4 is 15.4 Å². The van der Waals surface area contributed by atoms with Gasteiger partial charge in [0, 0.05) is 49.0 Å². The number of aliphatic imine (C=N–C) groups is 1. The number of thioether (sulfide) groups is 1. The number of guanidine groups is 1. The molecule has 1 heterocycles. The summed E-state index contributed by atoms with van der Waals surface area (Å²) in [6.07, 6.45) is 3.04. The monoisotopic (exact) mass is 576 g/mol. The molecule has 1 atom stereocenters. The van der Waals surface area contributed by atoms with Crippen molar-refractivity contribution in [3.05, 3.63) is 29.3 Å². The van der Waals surface area contributed by atoms with Crippen LogP contribution in [0.1, 0.15) is 19.3 Å². The van der Waals surface area contributed by atoms with Crippen LogP contribution in [0.25, 0.3) is 0 Å². The van der Waals surface area contributed by atoms with Gasteiger partial charge in [-0.15, -0.1) is 35.7 Å². The standard InChI is InChI=1S/C18H29ClN4O3S2.HI/c1-20-18(21-9-12-27-17-7-5-15(19)6-8-17)22-10-13-28(24,25)23-14-16-4-2-3-11-26-16;/h5-8,16,23H,2-4,9-14H2,1H3,(H2,20,21,22);1H. The molecule has 29 heavy (non-hydrogen) atoms. The molecule has 1 aromatic carbocycles. The van der Waals surface area contributed by atoms with Crippen molar-refractivity contribution in [2.24, 2.45) is 4.99 Å². The molecule has 0 spiro atoms. The quantitative estimate of drug-likeness (QED) is 0.130. The third kappa shape index (κ3) is 11.6. The minimum absolute atomic E-state index is 0. The second-order valence-electron chi connectivity index (χ2n) is 6.38. The van der Waals surface area contributed by atoms with Crippen molar-refractivity contribution >= 4 is 63.3 Å². The molecule has 0 bridgehead atoms. The van der Waals surface area contributed by atoms with Gasteiger partial charge in [-0.2, -0.15) is 0 Å². The average Bonchev–Trinajstić information content (AvgIpc) is 2.70. The molecule has 11 heteroatoms. The maximum atomic E-state index is 12.1. The highest BCUT2D eigenvalue weighted by Gasteiger charge is 2.17. The lowest BCUT2D eigenvalue weighted by Gasteiger charge is -2.22. The van der Waals surface area contributed by atoms with Crippen LogP contribution in [0.3, 0.4) is 0 Å². The number of hydrogen-bond donors (Lipinski definition) is 3. The van der Waals surface area contributed by atoms with Crippen molar-refractivity contribution in [3.63, 3.8) is 0 Å². The zero-order valence-corrected chi connectivity index (χ0v) is 21.2. The van der Waals surface area contributed by atoms with E-state index >= 15 is 0 Å². The molecule has 2 rings (SSSR count). The number of ether oxygens (including phenoxy) is 1. The van der Waals surface area contributed by atoms with Gasteiger partial charge in [-0.3, -0.25) is 4.99 Å². The van der Waals surface area contributed by atoms with Gasteiger partial charge in [0.15, 0.2) is 5.96 Å². The Bertz CT molecular complexity index is 714. The van der Waals surface area contributed by atoms with Crippen LogP contribution in [0, 0.1) is 0 Å². The maximum Gasteiger partial charge on any atom is 0.213 e. The van der Waals surface area contributed by atoms with E-state index in [-0.39, 0.29) is 42.4 Å². The largest absolute Gasteiger partial charge is 0.377 e. The number of hydrogen-bond acceptors (Lipinski definition) is 5. The minimum atomic E-state index is -3.34. The van der Waals surface area contributed by atoms with E-state index in [0.29, 0.717) is 25.7 Å². The zero-order chi connectivity index (χ0) is 20.2. The summed E-state index contributed by atoms with van der Waals surface area (Å²) in [5.74, 6) is 1.42. The predicted octanol–water partition coefficient (Wildman–Crippen LogP) is 2.70. The highest BCUT2D eigenvalue weighted by Crippen LogP contribution is 2.19. The van der Waals surface area contributed by atoms with Gasteiger partial charge in [-0.25, -0.2) is 13.1 Å². The highest BCUT2D eigenvalue weighted by molar-refractivity contribution is 14.0. The van der Waals surface area contributed by atoms with Crippen LogP contribution in [0.15, 0.2) is 34.2 Å². The lowest BCUT2D eigenvalue weighted by Crippen LogP contribution is -2.43. The molecule has 1 aromatic rings. The van der Waals surface area contributed by atoms with E-state index in [0.717, 1.165) is 34.9 Å². The van der Waals surface area contributed by atoms with Gasteiger partial charge < -0.3 is 15.4 Å². The fourth-order valence-electron chi connectivity index (χ4n) is 2.65. The van der Waals surface area contributed by atoms with E-state index in [4.69, 9.17) is 16.3 Å². The topological polar surface area (TPSA) is 91.8 Å². The van der Waals surface area contributed by atoms with E-state index in [1.165, 1.54) is 0 Å². The number of nitrogens with one attached hydrogen (secondary N) is 3. The van der Waals surface area contributed by atoms with E-state index < -0.39 is 10.0 Å². The van der Waals surface area contributed by atoms with Crippen LogP contribution in [0.4, 0.5) is 0 Å². The third-order valence-corrected chi connectivity index (χ3v) is 6.78. The molecule has 166 valence electrons. The Morgan fingerprint density at radius 3 is 2.62 bits per heavy atom. The Morgan fingerprint density at radius 2 is 1.97 bits per heavy atom. The minimum Gasteiger partial charge on any atom is -0.377 e. The summed E-state index contributed by atoms with van der Waals surface area (Å²) < 4.78 is 32.4. The Hall–Kier alpha value is -0.270. The van der Waals surface area contributed by atoms with Crippen LogP contribution in [0.5, 0.6) is 0 Å². The van der Waals surface area contributed by atoms with Gasteiger partial charge in [-0.05, 0) is 43.5 Å². The van der Waals surface area contributed by atoms with Crippen molar-refractivity contribution in [2.75, 3.05) is 44.8 Å². The molecule has 0 amide bonds. The van der Waals surface area contributed by atoms with Crippen molar-refractivity contribution in [1.82, 2.24) is 15.4 Å². The third-order valence-electron chi connectivity index (χ3n) is 4.17. The summed E-state index contributed by atoms with van der Waals surface area (Å²) in [6, 6.07) is 7.70. The van der Waals surface area contributed by atoms with Crippen LogP contribution >= 0.6 is 47.3 Å². The Morgan fingerprint density at radius 1 is 1.24 bits per heavy atom. The predicted molar refractivity (Wildman–Crippen MR) is 132 cm³/mol. The Kier molecular flexibility index (Phi) is 13.6. The molecule has 0 radical (unpaired) electrons. The summed E-state index contributed by atoms with van der Waals surface area (Å²) in [5, 5.41) is 6.93. The summed E-state index contributed by atoms with van der Waals surface area (Å²) >= 11 is 7.58. The fourth-order valence-corrected chi connectivity index (χ4v) is 4.50. The molecule has 0 aromatic heterocycles. The molecular weight excluding hydrogens is 547 g/mol. The van der Waals surface area contributed by atoms with Crippen LogP contribution in [-0.2, 0) is 14.8 Å². The molecule has 7 nitrogen and oxygen atoms in total. The smallest absolute Gasteiger partial charge is 0.213 e. The molecule has 1 aliphatic heterocycles. The first-order chi connectivity index (χ1) is 13.5. The first-order valence-electron chi connectivity index (χ1n) is 9.40. The molecule has 0 aliphatic carbocycles. The first-order valence-corrected chi connectivity index (χ1v) is 12.4. The summed E-state index contributed by atoms with van der Waals surface area (Å²) in [5.41, 5.74) is 0. The Labute approximate surface area is 200 Å². The second kappa shape index (κ2) is 14.7. The average molecular weight is 577 g/mol. The van der Waals surface area contributed by atoms with Gasteiger partial charge in [-0.1, -0.05) is 11.6 Å². The van der Waals surface area contributed by atoms with E-state index in [1.54, 1.807) is 18.8 Å². The van der Waals surface area contributed by atoms with Gasteiger partial charge in [0.05, 0.1) is 11.9 Å². The van der Waals surface area contributed by atoms with E-state index in [2.05, 4.69) is 20.3 Å². The normalized spacial score (nSPS) is 17.4. The lowest BCUT2D eigenvalue weighted by molar-refractivity contribution is 0.0200. The lowest BCUT2D eigenvalue weighted by atomic mass is 10.1. The summed E-state index contributed by atoms with van der Waals surface area (Å²) in [7, 11) is -1.68. The molecule has 1 saturated heterocycles. The van der Waals surface area contributed by atoms with E-state index in [1.807, 2.05) is 24.3 Å². The second-order valence-corrected chi connectivity index (χ2v) is 9.92. The SMILES string of the molecule is CN=C(NCCSc1ccc(Cl)cc1)NCCS(=O)(=O)NCC1CCCCO1.I. The molecule has 1 aliphatic rings. The summed E-state index contributed by atoms with van der Waals surface area (Å²) in [4.78, 5) is 5.26. The van der Waals surface area contributed by atoms with Crippen LogP contribution in [-0.4, -0.2) is 65.3 Å². The van der Waals surface area contributed by atoms with Crippen molar-refractivity contribution in [1.29, 1.82) is 0 Å². The molecule has 0 saturated carbocycles. The molecular formula is C18H30ClIN4O3S2. The number of benzene rings is 1. The number of halogens is 2. The maximum absolute atomic E-state index is 12.1. The number of rotatable bonds is 10. The molecule has 3 N–H and O–H groups in total. The van der Waals surface area contributed by atoms with Gasteiger partial charge in [0.2, 0.25) is 10.0 Å². The van der Waals surface area contributed by atoms with E-state index in [9.17, 15) is 8.42 Å². The zero-order valence-electron chi connectivity index (χ0n) is 16.5. The van der Waals surface area contributed by atoms with Gasteiger partial charge in [0.1, 0.15) is 0 Å². The fraction of sp³-hybridized carbons (Fsp3) is 0.611.